The number of amides is 3. The van der Waals surface area contributed by atoms with Gasteiger partial charge in [0.2, 0.25) is 11.8 Å². The van der Waals surface area contributed by atoms with Gasteiger partial charge in [-0.05, 0) is 75.4 Å². The van der Waals surface area contributed by atoms with Gasteiger partial charge in [0.15, 0.2) is 5.78 Å². The van der Waals surface area contributed by atoms with Crippen molar-refractivity contribution in [1.29, 1.82) is 0 Å². The van der Waals surface area contributed by atoms with Crippen molar-refractivity contribution >= 4 is 29.2 Å². The lowest BCUT2D eigenvalue weighted by Gasteiger charge is -2.63. The molecule has 3 saturated carbocycles. The molecule has 0 aromatic heterocycles. The summed E-state index contributed by atoms with van der Waals surface area (Å²) in [4.78, 5) is 49.2. The van der Waals surface area contributed by atoms with Crippen molar-refractivity contribution in [1.82, 2.24) is 16.1 Å². The third kappa shape index (κ3) is 5.26. The molecule has 0 spiro atoms. The zero-order valence-corrected chi connectivity index (χ0v) is 26.2. The number of aliphatic hydroxyl groups is 2. The molecule has 10 nitrogen and oxygen atoms in total. The third-order valence-corrected chi connectivity index (χ3v) is 11.4. The molecule has 7 atom stereocenters. The number of carbonyl (C=O) groups excluding carboxylic acids is 4. The number of aliphatic hydroxyl groups excluding tert-OH is 1. The van der Waals surface area contributed by atoms with Crippen LogP contribution in [0.1, 0.15) is 80.1 Å². The number of nitrogens with zero attached hydrogens (tertiary/aromatic N) is 1. The van der Waals surface area contributed by atoms with E-state index in [9.17, 15) is 29.4 Å². The molecule has 0 bridgehead atoms. The maximum atomic E-state index is 17.6. The van der Waals surface area contributed by atoms with Crippen molar-refractivity contribution in [2.45, 2.75) is 91.3 Å². The molecule has 0 heterocycles. The second-order valence-electron chi connectivity index (χ2n) is 14.0. The Morgan fingerprint density at radius 3 is 2.42 bits per heavy atom. The van der Waals surface area contributed by atoms with E-state index in [4.69, 9.17) is 0 Å². The van der Waals surface area contributed by atoms with Gasteiger partial charge in [0.25, 0.3) is 5.91 Å². The summed E-state index contributed by atoms with van der Waals surface area (Å²) < 4.78 is 17.6. The zero-order chi connectivity index (χ0) is 32.0. The van der Waals surface area contributed by atoms with Crippen LogP contribution in [0.3, 0.4) is 0 Å². The summed E-state index contributed by atoms with van der Waals surface area (Å²) in [5.74, 6) is -2.90. The van der Waals surface area contributed by atoms with Crippen LogP contribution >= 0.6 is 0 Å². The SMILES string of the molecule is CCC(C)(C)C(=O)NCC(=O)NCC(=O)NN=C1C=C[C@@]2(C)C(=C1)CC[C@H]1[C@@H]3CC[C@](O)(C(=O)CO)[C@@]3(C)C[C@H](C)[C@@]12F. The van der Waals surface area contributed by atoms with Crippen LogP contribution < -0.4 is 16.1 Å². The molecule has 0 radical (unpaired) electrons. The fourth-order valence-electron chi connectivity index (χ4n) is 8.37. The van der Waals surface area contributed by atoms with E-state index in [2.05, 4.69) is 21.2 Å². The lowest BCUT2D eigenvalue weighted by atomic mass is 9.43. The van der Waals surface area contributed by atoms with Gasteiger partial charge in [-0.1, -0.05) is 46.3 Å². The predicted molar refractivity (Wildman–Crippen MR) is 159 cm³/mol. The quantitative estimate of drug-likeness (QED) is 0.255. The molecule has 0 unspecified atom stereocenters. The predicted octanol–water partition coefficient (Wildman–Crippen LogP) is 2.50. The van der Waals surface area contributed by atoms with E-state index < -0.39 is 57.6 Å². The summed E-state index contributed by atoms with van der Waals surface area (Å²) >= 11 is 0. The van der Waals surface area contributed by atoms with Crippen molar-refractivity contribution in [3.8, 4) is 0 Å². The molecule has 238 valence electrons. The minimum absolute atomic E-state index is 0.197. The Labute approximate surface area is 253 Å². The van der Waals surface area contributed by atoms with Gasteiger partial charge in [0.1, 0.15) is 17.9 Å². The molecule has 4 aliphatic carbocycles. The Morgan fingerprint density at radius 1 is 1.09 bits per heavy atom. The lowest BCUT2D eigenvalue weighted by Crippen LogP contribution is -2.66. The Bertz CT molecular complexity index is 1280. The molecule has 3 amide bonds. The highest BCUT2D eigenvalue weighted by Gasteiger charge is 2.73. The van der Waals surface area contributed by atoms with E-state index in [1.165, 1.54) is 0 Å². The topological polar surface area (TPSA) is 157 Å². The van der Waals surface area contributed by atoms with Crippen LogP contribution in [0.4, 0.5) is 4.39 Å². The Hall–Kier alpha value is -2.92. The van der Waals surface area contributed by atoms with Gasteiger partial charge in [-0.3, -0.25) is 19.2 Å². The van der Waals surface area contributed by atoms with E-state index in [1.807, 2.05) is 39.8 Å². The largest absolute Gasteiger partial charge is 0.388 e. The molecule has 3 fully saturated rings. The summed E-state index contributed by atoms with van der Waals surface area (Å²) in [6, 6.07) is 0. The maximum Gasteiger partial charge on any atom is 0.259 e. The standard InChI is InChI=1S/C32H47FN4O6/c1-7-28(3,4)27(42)35-16-25(40)34-17-26(41)37-36-21-10-12-29(5)20(14-21)8-9-23-22-11-13-31(43,24(39)18-38)30(22,6)15-19(2)32(23,29)33/h10,12,14,19,22-23,38,43H,7-9,11,13,15-18H2,1-6H3,(H,34,40)(H,35,42)(H,37,41)/t19-,22-,23-,29-,30-,31-,32+/m0/s1. The number of rotatable bonds is 9. The Balaban J connectivity index is 1.41. The van der Waals surface area contributed by atoms with Crippen molar-refractivity contribution in [2.75, 3.05) is 19.7 Å². The lowest BCUT2D eigenvalue weighted by molar-refractivity contribution is -0.195. The number of halogens is 1. The first kappa shape index (κ1) is 33.0. The number of hydrogen-bond donors (Lipinski definition) is 5. The number of ketones is 1. The van der Waals surface area contributed by atoms with E-state index in [0.717, 1.165) is 5.57 Å². The first-order valence-electron chi connectivity index (χ1n) is 15.4. The first-order chi connectivity index (χ1) is 20.0. The van der Waals surface area contributed by atoms with Crippen LogP contribution in [0.15, 0.2) is 28.9 Å². The van der Waals surface area contributed by atoms with Crippen molar-refractivity contribution < 1.29 is 33.8 Å². The van der Waals surface area contributed by atoms with E-state index >= 15 is 4.39 Å². The molecule has 0 aliphatic heterocycles. The second-order valence-corrected chi connectivity index (χ2v) is 14.0. The van der Waals surface area contributed by atoms with E-state index in [0.29, 0.717) is 37.8 Å². The molecule has 0 aromatic carbocycles. The maximum absolute atomic E-state index is 17.6. The fourth-order valence-corrected chi connectivity index (χ4v) is 8.37. The van der Waals surface area contributed by atoms with Gasteiger partial charge in [-0.25, -0.2) is 9.82 Å². The average Bonchev–Trinajstić information content (AvgIpc) is 3.24. The number of fused-ring (bicyclic) bond motifs is 5. The van der Waals surface area contributed by atoms with Gasteiger partial charge in [-0.15, -0.1) is 0 Å². The van der Waals surface area contributed by atoms with Crippen LogP contribution in [0.5, 0.6) is 0 Å². The Morgan fingerprint density at radius 2 is 1.77 bits per heavy atom. The number of hydrazone groups is 1. The van der Waals surface area contributed by atoms with Crippen LogP contribution in [-0.2, 0) is 19.2 Å². The summed E-state index contributed by atoms with van der Waals surface area (Å²) in [7, 11) is 0. The minimum atomic E-state index is -1.65. The highest BCUT2D eigenvalue weighted by molar-refractivity contribution is 6.06. The van der Waals surface area contributed by atoms with Crippen LogP contribution in [0, 0.1) is 34.0 Å². The number of carbonyl (C=O) groups is 4. The summed E-state index contributed by atoms with van der Waals surface area (Å²) in [5, 5.41) is 30.2. The molecule has 0 saturated heterocycles. The van der Waals surface area contributed by atoms with Crippen LogP contribution in [0.2, 0.25) is 0 Å². The first-order valence-corrected chi connectivity index (χ1v) is 15.4. The number of nitrogens with one attached hydrogen (secondary N) is 3. The number of hydrogen-bond acceptors (Lipinski definition) is 7. The van der Waals surface area contributed by atoms with Crippen molar-refractivity contribution in [2.24, 2.45) is 39.1 Å². The molecule has 4 rings (SSSR count). The molecule has 11 heteroatoms. The molecular formula is C32H47FN4O6. The number of alkyl halides is 1. The highest BCUT2D eigenvalue weighted by atomic mass is 19.1. The number of allylic oxidation sites excluding steroid dienone is 4. The fraction of sp³-hybridized carbons (Fsp3) is 0.719. The monoisotopic (exact) mass is 602 g/mol. The normalized spacial score (nSPS) is 37.5. The van der Waals surface area contributed by atoms with Gasteiger partial charge in [-0.2, -0.15) is 5.10 Å². The summed E-state index contributed by atoms with van der Waals surface area (Å²) in [6.07, 6.45) is 8.18. The van der Waals surface area contributed by atoms with E-state index in [-0.39, 0.29) is 37.3 Å². The van der Waals surface area contributed by atoms with Crippen LogP contribution in [-0.4, -0.2) is 70.4 Å². The molecule has 43 heavy (non-hydrogen) atoms. The van der Waals surface area contributed by atoms with Crippen molar-refractivity contribution in [3.63, 3.8) is 0 Å². The average molecular weight is 603 g/mol. The smallest absolute Gasteiger partial charge is 0.259 e. The van der Waals surface area contributed by atoms with Gasteiger partial charge in [0.05, 0.1) is 18.8 Å². The van der Waals surface area contributed by atoms with Crippen molar-refractivity contribution in [3.05, 3.63) is 23.8 Å². The third-order valence-electron chi connectivity index (χ3n) is 11.4. The summed E-state index contributed by atoms with van der Waals surface area (Å²) in [6.45, 7) is 9.80. The molecular weight excluding hydrogens is 555 g/mol. The van der Waals surface area contributed by atoms with E-state index in [1.54, 1.807) is 19.9 Å². The zero-order valence-electron chi connectivity index (χ0n) is 26.2. The van der Waals surface area contributed by atoms with Crippen LogP contribution in [0.25, 0.3) is 0 Å². The van der Waals surface area contributed by atoms with Gasteiger partial charge < -0.3 is 20.8 Å². The highest BCUT2D eigenvalue weighted by Crippen LogP contribution is 2.71. The molecule has 4 aliphatic rings. The minimum Gasteiger partial charge on any atom is -0.388 e. The Kier molecular flexibility index (Phi) is 8.85. The van der Waals surface area contributed by atoms with Gasteiger partial charge in [0, 0.05) is 16.2 Å². The molecule has 5 N–H and O–H groups in total. The summed E-state index contributed by atoms with van der Waals surface area (Å²) in [5.41, 5.74) is -1.85. The second kappa shape index (κ2) is 11.5. The molecule has 0 aromatic rings. The van der Waals surface area contributed by atoms with Gasteiger partial charge >= 0.3 is 0 Å². The number of Topliss-reactive ketones (excluding diaryl/α,β-unsaturated/α-hetero) is 1.